The van der Waals surface area contributed by atoms with Gasteiger partial charge in [0, 0.05) is 12.1 Å². The van der Waals surface area contributed by atoms with E-state index in [1.165, 1.54) is 0 Å². The minimum atomic E-state index is -0.250. The van der Waals surface area contributed by atoms with Crippen molar-refractivity contribution in [1.29, 1.82) is 0 Å². The number of unbranched alkanes of at least 4 members (excludes halogenated alkanes) is 1. The molecule has 2 aliphatic carbocycles. The van der Waals surface area contributed by atoms with Gasteiger partial charge in [-0.1, -0.05) is 26.2 Å². The maximum atomic E-state index is 13.1. The highest BCUT2D eigenvalue weighted by atomic mass is 16.5. The number of rotatable bonds is 7. The van der Waals surface area contributed by atoms with Crippen LogP contribution < -0.4 is 14.8 Å². The van der Waals surface area contributed by atoms with Crippen molar-refractivity contribution in [3.05, 3.63) is 28.8 Å². The molecule has 3 rings (SSSR count). The third kappa shape index (κ3) is 3.22. The van der Waals surface area contributed by atoms with E-state index in [0.29, 0.717) is 29.2 Å². The monoisotopic (exact) mass is 357 g/mol. The highest BCUT2D eigenvalue weighted by molar-refractivity contribution is 6.35. The lowest BCUT2D eigenvalue weighted by molar-refractivity contribution is -0.117. The number of carbonyl (C=O) groups excluding carboxylic acids is 2. The Morgan fingerprint density at radius 2 is 1.73 bits per heavy atom. The lowest BCUT2D eigenvalue weighted by Crippen LogP contribution is -2.29. The molecule has 0 saturated heterocycles. The number of nitrogens with one attached hydrogen (secondary N) is 1. The van der Waals surface area contributed by atoms with Gasteiger partial charge in [0.2, 0.25) is 0 Å². The zero-order chi connectivity index (χ0) is 18.7. The molecule has 0 spiro atoms. The van der Waals surface area contributed by atoms with Crippen molar-refractivity contribution < 1.29 is 19.1 Å². The Bertz CT molecular complexity index is 745. The van der Waals surface area contributed by atoms with E-state index in [0.717, 1.165) is 49.7 Å². The number of allylic oxidation sites excluding steroid dienone is 1. The van der Waals surface area contributed by atoms with Gasteiger partial charge in [-0.05, 0) is 48.4 Å². The van der Waals surface area contributed by atoms with Crippen molar-refractivity contribution in [1.82, 2.24) is 5.32 Å². The van der Waals surface area contributed by atoms with Gasteiger partial charge < -0.3 is 14.8 Å². The highest BCUT2D eigenvalue weighted by Gasteiger charge is 2.39. The number of ether oxygens (including phenoxy) is 2. The third-order valence-electron chi connectivity index (χ3n) is 5.36. The van der Waals surface area contributed by atoms with E-state index in [1.807, 2.05) is 6.07 Å². The molecule has 1 aromatic rings. The van der Waals surface area contributed by atoms with Crippen LogP contribution in [0.25, 0.3) is 5.57 Å². The molecule has 1 amide bonds. The zero-order valence-corrected chi connectivity index (χ0v) is 15.8. The SMILES string of the molecule is CCCCNC(=O)C1=C(C2CCCC2)c2cc(OC)c(OC)cc2C1=O. The number of ketones is 1. The molecule has 26 heavy (non-hydrogen) atoms. The summed E-state index contributed by atoms with van der Waals surface area (Å²) in [5.41, 5.74) is 2.60. The van der Waals surface area contributed by atoms with Crippen LogP contribution in [0.2, 0.25) is 0 Å². The van der Waals surface area contributed by atoms with Crippen LogP contribution in [0.4, 0.5) is 0 Å². The summed E-state index contributed by atoms with van der Waals surface area (Å²) >= 11 is 0. The van der Waals surface area contributed by atoms with Crippen molar-refractivity contribution in [3.63, 3.8) is 0 Å². The first kappa shape index (κ1) is 18.5. The number of carbonyl (C=O) groups is 2. The quantitative estimate of drug-likeness (QED) is 0.596. The average Bonchev–Trinajstić information content (AvgIpc) is 3.27. The van der Waals surface area contributed by atoms with Crippen molar-refractivity contribution in [2.24, 2.45) is 5.92 Å². The fourth-order valence-electron chi connectivity index (χ4n) is 4.01. The molecule has 1 fully saturated rings. The molecule has 1 N–H and O–H groups in total. The van der Waals surface area contributed by atoms with E-state index in [4.69, 9.17) is 9.47 Å². The van der Waals surface area contributed by atoms with Gasteiger partial charge in [0.25, 0.3) is 5.91 Å². The summed E-state index contributed by atoms with van der Waals surface area (Å²) in [6.45, 7) is 2.66. The molecular formula is C21H27NO4. The third-order valence-corrected chi connectivity index (χ3v) is 5.36. The maximum Gasteiger partial charge on any atom is 0.255 e. The fraction of sp³-hybridized carbons (Fsp3) is 0.524. The lowest BCUT2D eigenvalue weighted by Gasteiger charge is -2.16. The Morgan fingerprint density at radius 3 is 2.31 bits per heavy atom. The number of fused-ring (bicyclic) bond motifs is 1. The van der Waals surface area contributed by atoms with Crippen LogP contribution in [0, 0.1) is 5.92 Å². The second-order valence-electron chi connectivity index (χ2n) is 6.96. The maximum absolute atomic E-state index is 13.1. The number of hydrogen-bond acceptors (Lipinski definition) is 4. The standard InChI is InChI=1S/C21H27NO4/c1-4-5-10-22-21(24)19-18(13-8-6-7-9-13)14-11-16(25-2)17(26-3)12-15(14)20(19)23/h11-13H,4-10H2,1-3H3,(H,22,24). The summed E-state index contributed by atoms with van der Waals surface area (Å²) in [4.78, 5) is 25.9. The second kappa shape index (κ2) is 7.94. The first-order chi connectivity index (χ1) is 12.6. The van der Waals surface area contributed by atoms with Crippen LogP contribution in [0.5, 0.6) is 11.5 Å². The lowest BCUT2D eigenvalue weighted by atomic mass is 9.90. The molecule has 0 heterocycles. The van der Waals surface area contributed by atoms with Crippen LogP contribution >= 0.6 is 0 Å². The molecule has 0 aromatic heterocycles. The van der Waals surface area contributed by atoms with Gasteiger partial charge in [0.1, 0.15) is 0 Å². The highest BCUT2D eigenvalue weighted by Crippen LogP contribution is 2.47. The Morgan fingerprint density at radius 1 is 1.12 bits per heavy atom. The van der Waals surface area contributed by atoms with Crippen molar-refractivity contribution in [3.8, 4) is 11.5 Å². The number of benzene rings is 1. The second-order valence-corrected chi connectivity index (χ2v) is 6.96. The smallest absolute Gasteiger partial charge is 0.255 e. The molecular weight excluding hydrogens is 330 g/mol. The molecule has 1 saturated carbocycles. The summed E-state index contributed by atoms with van der Waals surface area (Å²) < 4.78 is 10.8. The summed E-state index contributed by atoms with van der Waals surface area (Å²) in [5.74, 6) is 0.904. The van der Waals surface area contributed by atoms with Crippen molar-refractivity contribution >= 4 is 17.3 Å². The minimum absolute atomic E-state index is 0.197. The zero-order valence-electron chi connectivity index (χ0n) is 15.8. The Labute approximate surface area is 154 Å². The summed E-state index contributed by atoms with van der Waals surface area (Å²) in [6, 6.07) is 3.56. The molecule has 0 bridgehead atoms. The number of amides is 1. The van der Waals surface area contributed by atoms with Crippen LogP contribution in [0.1, 0.15) is 61.4 Å². The van der Waals surface area contributed by atoms with Crippen molar-refractivity contribution in [2.75, 3.05) is 20.8 Å². The number of hydrogen-bond donors (Lipinski definition) is 1. The molecule has 0 radical (unpaired) electrons. The molecule has 1 aromatic carbocycles. The van der Waals surface area contributed by atoms with Crippen LogP contribution in [-0.2, 0) is 4.79 Å². The van der Waals surface area contributed by atoms with Crippen LogP contribution in [0.15, 0.2) is 17.7 Å². The molecule has 5 nitrogen and oxygen atoms in total. The van der Waals surface area contributed by atoms with E-state index >= 15 is 0 Å². The summed E-state index contributed by atoms with van der Waals surface area (Å²) in [7, 11) is 3.13. The van der Waals surface area contributed by atoms with Gasteiger partial charge in [-0.2, -0.15) is 0 Å². The normalized spacial score (nSPS) is 16.8. The number of Topliss-reactive ketones (excluding diaryl/α,β-unsaturated/α-hetero) is 1. The summed E-state index contributed by atoms with van der Waals surface area (Å²) in [6.07, 6.45) is 6.20. The summed E-state index contributed by atoms with van der Waals surface area (Å²) in [5, 5.41) is 2.92. The predicted octanol–water partition coefficient (Wildman–Crippen LogP) is 3.76. The molecule has 2 aliphatic rings. The molecule has 0 unspecified atom stereocenters. The van der Waals surface area contributed by atoms with Gasteiger partial charge in [-0.3, -0.25) is 9.59 Å². The van der Waals surface area contributed by atoms with E-state index in [2.05, 4.69) is 12.2 Å². The van der Waals surface area contributed by atoms with Gasteiger partial charge in [-0.25, -0.2) is 0 Å². The Kier molecular flexibility index (Phi) is 5.64. The van der Waals surface area contributed by atoms with Gasteiger partial charge >= 0.3 is 0 Å². The van der Waals surface area contributed by atoms with Gasteiger partial charge in [0.05, 0.1) is 19.8 Å². The molecule has 0 atom stereocenters. The van der Waals surface area contributed by atoms with E-state index in [1.54, 1.807) is 20.3 Å². The van der Waals surface area contributed by atoms with E-state index < -0.39 is 0 Å². The van der Waals surface area contributed by atoms with Crippen LogP contribution in [-0.4, -0.2) is 32.5 Å². The Hall–Kier alpha value is -2.30. The van der Waals surface area contributed by atoms with E-state index in [-0.39, 0.29) is 17.6 Å². The van der Waals surface area contributed by atoms with Crippen LogP contribution in [0.3, 0.4) is 0 Å². The predicted molar refractivity (Wildman–Crippen MR) is 101 cm³/mol. The average molecular weight is 357 g/mol. The first-order valence-corrected chi connectivity index (χ1v) is 9.45. The Balaban J connectivity index is 2.06. The largest absolute Gasteiger partial charge is 0.493 e. The topological polar surface area (TPSA) is 64.6 Å². The fourth-order valence-corrected chi connectivity index (χ4v) is 4.01. The first-order valence-electron chi connectivity index (χ1n) is 9.45. The number of methoxy groups -OCH3 is 2. The van der Waals surface area contributed by atoms with Gasteiger partial charge in [0.15, 0.2) is 17.3 Å². The minimum Gasteiger partial charge on any atom is -0.493 e. The van der Waals surface area contributed by atoms with Crippen molar-refractivity contribution in [2.45, 2.75) is 45.4 Å². The molecule has 5 heteroatoms. The molecule has 0 aliphatic heterocycles. The molecule has 140 valence electrons. The van der Waals surface area contributed by atoms with Gasteiger partial charge in [-0.15, -0.1) is 0 Å². The van der Waals surface area contributed by atoms with E-state index in [9.17, 15) is 9.59 Å².